The number of nitrogens with one attached hydrogen (secondary N) is 1. The summed E-state index contributed by atoms with van der Waals surface area (Å²) in [5, 5.41) is 5.05. The second-order valence-electron chi connectivity index (χ2n) is 4.81. The maximum absolute atomic E-state index is 11.8. The average molecular weight is 300 g/mol. The predicted octanol–water partition coefficient (Wildman–Crippen LogP) is 0.974. The van der Waals surface area contributed by atoms with Crippen molar-refractivity contribution in [2.75, 3.05) is 19.7 Å². The molecular weight excluding hydrogens is 278 g/mol. The van der Waals surface area contributed by atoms with Gasteiger partial charge in [0.15, 0.2) is 0 Å². The number of amides is 1. The maximum Gasteiger partial charge on any atom is 0.251 e. The van der Waals surface area contributed by atoms with E-state index in [9.17, 15) is 4.79 Å². The number of rotatable bonds is 8. The van der Waals surface area contributed by atoms with Crippen LogP contribution in [0.25, 0.3) is 0 Å². The summed E-state index contributed by atoms with van der Waals surface area (Å²) in [4.78, 5) is 15.7. The number of nitrogens with two attached hydrogens (primary N) is 1. The minimum absolute atomic E-state index is 0.0643. The molecule has 0 aliphatic carbocycles. The lowest BCUT2D eigenvalue weighted by Gasteiger charge is -2.09. The van der Waals surface area contributed by atoms with E-state index in [0.717, 1.165) is 18.8 Å². The molecule has 1 aromatic carbocycles. The number of hydrogen-bond donors (Lipinski definition) is 2. The van der Waals surface area contributed by atoms with Crippen LogP contribution in [-0.4, -0.2) is 30.6 Å². The van der Waals surface area contributed by atoms with E-state index in [1.807, 2.05) is 25.1 Å². The molecule has 3 N–H and O–H groups in total. The Balaban J connectivity index is 1.70. The van der Waals surface area contributed by atoms with Gasteiger partial charge in [0.25, 0.3) is 5.91 Å². The molecule has 0 radical (unpaired) electrons. The van der Waals surface area contributed by atoms with Crippen molar-refractivity contribution in [1.29, 1.82) is 0 Å². The first-order valence-electron chi connectivity index (χ1n) is 7.52. The Hall–Kier alpha value is -2.40. The van der Waals surface area contributed by atoms with Crippen molar-refractivity contribution in [3.8, 4) is 5.75 Å². The summed E-state index contributed by atoms with van der Waals surface area (Å²) in [6.07, 6.45) is 3.23. The predicted molar refractivity (Wildman–Crippen MR) is 84.7 cm³/mol. The highest BCUT2D eigenvalue weighted by Gasteiger charge is 2.06. The summed E-state index contributed by atoms with van der Waals surface area (Å²) < 4.78 is 5.59. The zero-order valence-electron chi connectivity index (χ0n) is 12.8. The normalized spacial score (nSPS) is 10.2. The number of aromatic nitrogens is 1. The third kappa shape index (κ3) is 4.86. The third-order valence-electron chi connectivity index (χ3n) is 3.21. The summed E-state index contributed by atoms with van der Waals surface area (Å²) in [5.41, 5.74) is 1.81. The molecule has 22 heavy (non-hydrogen) atoms. The number of nitrogens with zero attached hydrogens (tertiary/aromatic N) is 1. The molecule has 1 heterocycles. The van der Waals surface area contributed by atoms with Gasteiger partial charge >= 0.3 is 0 Å². The van der Waals surface area contributed by atoms with Gasteiger partial charge in [-0.05, 0) is 31.2 Å². The van der Waals surface area contributed by atoms with Crippen LogP contribution in [0, 0.1) is 0 Å². The van der Waals surface area contributed by atoms with Gasteiger partial charge in [0.2, 0.25) is 0 Å². The molecule has 2 rings (SSSR count). The molecule has 1 amide bonds. The molecule has 5 nitrogen and oxygen atoms in total. The topological polar surface area (TPSA) is 67.8 Å². The van der Waals surface area contributed by atoms with Gasteiger partial charge < -0.3 is 15.4 Å². The maximum atomic E-state index is 11.8. The number of hydrogen-bond acceptors (Lipinski definition) is 3. The second-order valence-corrected chi connectivity index (χ2v) is 4.81. The number of carbonyl (C=O) groups excluding carboxylic acids is 1. The van der Waals surface area contributed by atoms with Gasteiger partial charge in [-0.1, -0.05) is 12.1 Å². The third-order valence-corrected chi connectivity index (χ3v) is 3.21. The van der Waals surface area contributed by atoms with Crippen LogP contribution < -0.4 is 15.4 Å². The second kappa shape index (κ2) is 8.79. The van der Waals surface area contributed by atoms with Crippen molar-refractivity contribution in [3.63, 3.8) is 0 Å². The number of benzene rings is 1. The Morgan fingerprint density at radius 2 is 2.00 bits per heavy atom. The number of ether oxygens (including phenoxy) is 1. The molecule has 0 saturated heterocycles. The van der Waals surface area contributed by atoms with E-state index >= 15 is 0 Å². The fourth-order valence-corrected chi connectivity index (χ4v) is 2.12. The minimum atomic E-state index is -0.0643. The fraction of sp³-hybridized carbons (Fsp3) is 0.294. The molecule has 0 unspecified atom stereocenters. The first-order chi connectivity index (χ1) is 10.8. The number of quaternary nitrogens is 1. The van der Waals surface area contributed by atoms with E-state index in [4.69, 9.17) is 4.74 Å². The highest BCUT2D eigenvalue weighted by Crippen LogP contribution is 2.16. The van der Waals surface area contributed by atoms with Gasteiger partial charge in [0, 0.05) is 23.5 Å². The summed E-state index contributed by atoms with van der Waals surface area (Å²) in [7, 11) is 0. The molecule has 0 saturated carbocycles. The molecule has 2 aromatic rings. The van der Waals surface area contributed by atoms with Gasteiger partial charge in [-0.25, -0.2) is 0 Å². The molecular formula is C17H22N3O2+. The van der Waals surface area contributed by atoms with Crippen LogP contribution in [0.5, 0.6) is 5.75 Å². The number of pyridine rings is 1. The van der Waals surface area contributed by atoms with Crippen LogP contribution >= 0.6 is 0 Å². The number of para-hydroxylation sites is 1. The van der Waals surface area contributed by atoms with Crippen molar-refractivity contribution in [2.24, 2.45) is 0 Å². The summed E-state index contributed by atoms with van der Waals surface area (Å²) in [5.74, 6) is 0.868. The molecule has 116 valence electrons. The zero-order valence-corrected chi connectivity index (χ0v) is 12.8. The lowest BCUT2D eigenvalue weighted by atomic mass is 10.2. The first-order valence-corrected chi connectivity index (χ1v) is 7.52. The Labute approximate surface area is 130 Å². The van der Waals surface area contributed by atoms with Crippen molar-refractivity contribution < 1.29 is 14.8 Å². The van der Waals surface area contributed by atoms with Gasteiger partial charge in [0.05, 0.1) is 19.7 Å². The molecule has 0 bridgehead atoms. The largest absolute Gasteiger partial charge is 0.493 e. The van der Waals surface area contributed by atoms with Crippen LogP contribution in [0.1, 0.15) is 22.8 Å². The van der Waals surface area contributed by atoms with Crippen molar-refractivity contribution >= 4 is 5.91 Å². The fourth-order valence-electron chi connectivity index (χ4n) is 2.12. The summed E-state index contributed by atoms with van der Waals surface area (Å²) >= 11 is 0. The zero-order chi connectivity index (χ0) is 15.6. The lowest BCUT2D eigenvalue weighted by Crippen LogP contribution is -2.84. The van der Waals surface area contributed by atoms with Crippen molar-refractivity contribution in [2.45, 2.75) is 13.5 Å². The lowest BCUT2D eigenvalue weighted by molar-refractivity contribution is -0.668. The summed E-state index contributed by atoms with van der Waals surface area (Å²) in [6.45, 7) is 4.92. The van der Waals surface area contributed by atoms with E-state index in [-0.39, 0.29) is 5.91 Å². The Bertz CT molecular complexity index is 587. The van der Waals surface area contributed by atoms with Crippen LogP contribution in [0.4, 0.5) is 0 Å². The van der Waals surface area contributed by atoms with E-state index in [2.05, 4.69) is 21.7 Å². The number of carbonyl (C=O) groups is 1. The average Bonchev–Trinajstić information content (AvgIpc) is 2.57. The van der Waals surface area contributed by atoms with Crippen molar-refractivity contribution in [3.05, 3.63) is 59.9 Å². The first kappa shape index (κ1) is 16.0. The smallest absolute Gasteiger partial charge is 0.251 e. The van der Waals surface area contributed by atoms with Gasteiger partial charge in [-0.3, -0.25) is 9.78 Å². The van der Waals surface area contributed by atoms with Crippen LogP contribution in [0.3, 0.4) is 0 Å². The minimum Gasteiger partial charge on any atom is -0.493 e. The molecule has 0 spiro atoms. The standard InChI is InChI=1S/C17H21N3O2/c1-2-22-16-6-4-3-5-15(16)13-19-11-12-20-17(21)14-7-9-18-10-8-14/h3-10,19H,2,11-13H2,1H3,(H,20,21)/p+1. The molecule has 0 fully saturated rings. The molecule has 5 heteroatoms. The quantitative estimate of drug-likeness (QED) is 0.714. The highest BCUT2D eigenvalue weighted by molar-refractivity contribution is 5.93. The van der Waals surface area contributed by atoms with Crippen LogP contribution in [-0.2, 0) is 6.54 Å². The Morgan fingerprint density at radius 1 is 1.23 bits per heavy atom. The Kier molecular flexibility index (Phi) is 6.39. The van der Waals surface area contributed by atoms with Gasteiger partial charge in [0.1, 0.15) is 12.3 Å². The van der Waals surface area contributed by atoms with E-state index in [1.54, 1.807) is 24.5 Å². The molecule has 0 aliphatic rings. The highest BCUT2D eigenvalue weighted by atomic mass is 16.5. The molecule has 1 aromatic heterocycles. The van der Waals surface area contributed by atoms with Gasteiger partial charge in [-0.15, -0.1) is 0 Å². The van der Waals surface area contributed by atoms with E-state index < -0.39 is 0 Å². The van der Waals surface area contributed by atoms with Crippen molar-refractivity contribution in [1.82, 2.24) is 10.3 Å². The SMILES string of the molecule is CCOc1ccccc1C[NH2+]CCNC(=O)c1ccncc1. The van der Waals surface area contributed by atoms with Gasteiger partial charge in [-0.2, -0.15) is 0 Å². The van der Waals surface area contributed by atoms with E-state index in [1.165, 1.54) is 5.56 Å². The molecule has 0 aliphatic heterocycles. The Morgan fingerprint density at radius 3 is 2.77 bits per heavy atom. The summed E-state index contributed by atoms with van der Waals surface area (Å²) in [6, 6.07) is 11.4. The van der Waals surface area contributed by atoms with E-state index in [0.29, 0.717) is 18.7 Å². The monoisotopic (exact) mass is 300 g/mol. The van der Waals surface area contributed by atoms with Crippen LogP contribution in [0.15, 0.2) is 48.8 Å². The van der Waals surface area contributed by atoms with Crippen LogP contribution in [0.2, 0.25) is 0 Å². The molecule has 0 atom stereocenters.